The molecule has 1 aliphatic rings. The molecule has 0 aliphatic heterocycles. The minimum atomic E-state index is -0.842. The fourth-order valence-electron chi connectivity index (χ4n) is 2.48. The molecule has 1 aromatic rings. The molecule has 0 spiro atoms. The molecule has 1 fully saturated rings. The maximum absolute atomic E-state index is 13.0. The molecule has 0 aromatic heterocycles. The van der Waals surface area contributed by atoms with E-state index in [2.05, 4.69) is 10.6 Å². The molecular weight excluding hydrogens is 275 g/mol. The number of halogens is 1. The molecule has 2 amide bonds. The van der Waals surface area contributed by atoms with Gasteiger partial charge in [-0.2, -0.15) is 0 Å². The molecule has 2 atom stereocenters. The Morgan fingerprint density at radius 3 is 2.71 bits per heavy atom. The SMILES string of the molecule is O=C(NC[C@@H]1CCCC[C@@H]1O)C(=O)Nc1cccc(F)c1. The number of carbonyl (C=O) groups excluding carboxylic acids is 2. The Bertz CT molecular complexity index is 521. The molecule has 21 heavy (non-hydrogen) atoms. The Balaban J connectivity index is 1.81. The van der Waals surface area contributed by atoms with E-state index in [0.717, 1.165) is 31.7 Å². The summed E-state index contributed by atoms with van der Waals surface area (Å²) in [6.07, 6.45) is 3.16. The molecule has 1 aromatic carbocycles. The van der Waals surface area contributed by atoms with Crippen molar-refractivity contribution in [3.8, 4) is 0 Å². The van der Waals surface area contributed by atoms with Gasteiger partial charge < -0.3 is 15.7 Å². The van der Waals surface area contributed by atoms with Crippen LogP contribution in [0.1, 0.15) is 25.7 Å². The Morgan fingerprint density at radius 2 is 2.00 bits per heavy atom. The van der Waals surface area contributed by atoms with E-state index in [9.17, 15) is 19.1 Å². The van der Waals surface area contributed by atoms with Crippen LogP contribution in [-0.2, 0) is 9.59 Å². The average Bonchev–Trinajstić information content (AvgIpc) is 2.46. The van der Waals surface area contributed by atoms with Gasteiger partial charge in [0.1, 0.15) is 5.82 Å². The lowest BCUT2D eigenvalue weighted by Crippen LogP contribution is -2.41. The number of aliphatic hydroxyl groups is 1. The van der Waals surface area contributed by atoms with Crippen LogP contribution in [-0.4, -0.2) is 29.6 Å². The molecule has 1 saturated carbocycles. The summed E-state index contributed by atoms with van der Waals surface area (Å²) in [5.41, 5.74) is 0.229. The molecule has 0 unspecified atom stereocenters. The van der Waals surface area contributed by atoms with Crippen molar-refractivity contribution >= 4 is 17.5 Å². The molecule has 3 N–H and O–H groups in total. The molecular formula is C15H19FN2O3. The first kappa shape index (κ1) is 15.4. The Kier molecular flexibility index (Phi) is 5.27. The number of hydrogen-bond acceptors (Lipinski definition) is 3. The van der Waals surface area contributed by atoms with Crippen molar-refractivity contribution in [1.29, 1.82) is 0 Å². The Labute approximate surface area is 122 Å². The normalized spacial score (nSPS) is 21.6. The van der Waals surface area contributed by atoms with E-state index in [1.807, 2.05) is 0 Å². The number of benzene rings is 1. The lowest BCUT2D eigenvalue weighted by atomic mass is 9.86. The number of rotatable bonds is 3. The monoisotopic (exact) mass is 294 g/mol. The fourth-order valence-corrected chi connectivity index (χ4v) is 2.48. The molecule has 6 heteroatoms. The van der Waals surface area contributed by atoms with Gasteiger partial charge in [0.2, 0.25) is 0 Å². The van der Waals surface area contributed by atoms with Crippen molar-refractivity contribution < 1.29 is 19.1 Å². The topological polar surface area (TPSA) is 78.4 Å². The third kappa shape index (κ3) is 4.53. The fraction of sp³-hybridized carbons (Fsp3) is 0.467. The van der Waals surface area contributed by atoms with Gasteiger partial charge >= 0.3 is 11.8 Å². The number of amides is 2. The molecule has 0 saturated heterocycles. The summed E-state index contributed by atoms with van der Waals surface area (Å²) < 4.78 is 13.0. The highest BCUT2D eigenvalue weighted by molar-refractivity contribution is 6.39. The van der Waals surface area contributed by atoms with Gasteiger partial charge in [-0.25, -0.2) is 4.39 Å². The van der Waals surface area contributed by atoms with E-state index in [1.54, 1.807) is 0 Å². The quantitative estimate of drug-likeness (QED) is 0.738. The zero-order chi connectivity index (χ0) is 15.2. The molecule has 114 valence electrons. The van der Waals surface area contributed by atoms with Crippen LogP contribution in [0.2, 0.25) is 0 Å². The molecule has 1 aliphatic carbocycles. The predicted molar refractivity (Wildman–Crippen MR) is 76.0 cm³/mol. The molecule has 0 bridgehead atoms. The highest BCUT2D eigenvalue weighted by atomic mass is 19.1. The van der Waals surface area contributed by atoms with E-state index in [-0.39, 0.29) is 18.2 Å². The van der Waals surface area contributed by atoms with Gasteiger partial charge in [0, 0.05) is 18.2 Å². The summed E-state index contributed by atoms with van der Waals surface area (Å²) in [6.45, 7) is 0.274. The second kappa shape index (κ2) is 7.17. The largest absolute Gasteiger partial charge is 0.393 e. The number of aliphatic hydroxyl groups excluding tert-OH is 1. The van der Waals surface area contributed by atoms with Crippen molar-refractivity contribution in [2.75, 3.05) is 11.9 Å². The van der Waals surface area contributed by atoms with Gasteiger partial charge in [-0.3, -0.25) is 9.59 Å². The van der Waals surface area contributed by atoms with Crippen LogP contribution in [0.25, 0.3) is 0 Å². The van der Waals surface area contributed by atoms with Crippen LogP contribution in [0.4, 0.5) is 10.1 Å². The lowest BCUT2D eigenvalue weighted by molar-refractivity contribution is -0.136. The first-order chi connectivity index (χ1) is 10.1. The summed E-state index contributed by atoms with van der Waals surface area (Å²) in [5, 5.41) is 14.6. The number of carbonyl (C=O) groups is 2. The maximum Gasteiger partial charge on any atom is 0.313 e. The molecule has 0 radical (unpaired) electrons. The second-order valence-corrected chi connectivity index (χ2v) is 5.29. The minimum Gasteiger partial charge on any atom is -0.393 e. The Hall–Kier alpha value is -1.95. The van der Waals surface area contributed by atoms with Gasteiger partial charge in [0.15, 0.2) is 0 Å². The van der Waals surface area contributed by atoms with E-state index >= 15 is 0 Å². The predicted octanol–water partition coefficient (Wildman–Crippen LogP) is 1.43. The number of anilines is 1. The molecule has 5 nitrogen and oxygen atoms in total. The maximum atomic E-state index is 13.0. The summed E-state index contributed by atoms with van der Waals surface area (Å²) in [4.78, 5) is 23.4. The lowest BCUT2D eigenvalue weighted by Gasteiger charge is -2.27. The molecule has 0 heterocycles. The van der Waals surface area contributed by atoms with Gasteiger partial charge in [-0.05, 0) is 31.0 Å². The van der Waals surface area contributed by atoms with Crippen LogP contribution >= 0.6 is 0 Å². The average molecular weight is 294 g/mol. The summed E-state index contributed by atoms with van der Waals surface area (Å²) in [5.74, 6) is -2.12. The molecule has 2 rings (SSSR count). The van der Waals surface area contributed by atoms with E-state index < -0.39 is 23.7 Å². The van der Waals surface area contributed by atoms with Crippen molar-refractivity contribution in [3.63, 3.8) is 0 Å². The summed E-state index contributed by atoms with van der Waals surface area (Å²) in [7, 11) is 0. The van der Waals surface area contributed by atoms with Gasteiger partial charge in [0.25, 0.3) is 0 Å². The van der Waals surface area contributed by atoms with Crippen molar-refractivity contribution in [3.05, 3.63) is 30.1 Å². The third-order valence-corrected chi connectivity index (χ3v) is 3.68. The zero-order valence-electron chi connectivity index (χ0n) is 11.6. The van der Waals surface area contributed by atoms with Crippen molar-refractivity contribution in [2.24, 2.45) is 5.92 Å². The highest BCUT2D eigenvalue weighted by Gasteiger charge is 2.24. The van der Waals surface area contributed by atoms with Crippen molar-refractivity contribution in [1.82, 2.24) is 5.32 Å². The first-order valence-corrected chi connectivity index (χ1v) is 7.09. The standard InChI is InChI=1S/C15H19FN2O3/c16-11-5-3-6-12(8-11)18-15(21)14(20)17-9-10-4-1-2-7-13(10)19/h3,5-6,8,10,13,19H,1-2,4,7,9H2,(H,17,20)(H,18,21)/t10-,13-/m0/s1. The van der Waals surface area contributed by atoms with Crippen molar-refractivity contribution in [2.45, 2.75) is 31.8 Å². The van der Waals surface area contributed by atoms with Crippen LogP contribution in [0.3, 0.4) is 0 Å². The van der Waals surface area contributed by atoms with E-state index in [1.165, 1.54) is 18.2 Å². The Morgan fingerprint density at radius 1 is 1.24 bits per heavy atom. The van der Waals surface area contributed by atoms with Crippen LogP contribution in [0.15, 0.2) is 24.3 Å². The first-order valence-electron chi connectivity index (χ1n) is 7.09. The number of nitrogens with one attached hydrogen (secondary N) is 2. The third-order valence-electron chi connectivity index (χ3n) is 3.68. The number of hydrogen-bond donors (Lipinski definition) is 3. The van der Waals surface area contributed by atoms with Crippen LogP contribution in [0.5, 0.6) is 0 Å². The minimum absolute atomic E-state index is 0.00957. The van der Waals surface area contributed by atoms with Gasteiger partial charge in [-0.1, -0.05) is 18.9 Å². The highest BCUT2D eigenvalue weighted by Crippen LogP contribution is 2.23. The van der Waals surface area contributed by atoms with Crippen LogP contribution < -0.4 is 10.6 Å². The van der Waals surface area contributed by atoms with E-state index in [0.29, 0.717) is 0 Å². The van der Waals surface area contributed by atoms with E-state index in [4.69, 9.17) is 0 Å². The second-order valence-electron chi connectivity index (χ2n) is 5.29. The smallest absolute Gasteiger partial charge is 0.313 e. The summed E-state index contributed by atoms with van der Waals surface area (Å²) >= 11 is 0. The summed E-state index contributed by atoms with van der Waals surface area (Å²) in [6, 6.07) is 5.33. The van der Waals surface area contributed by atoms with Crippen LogP contribution in [0, 0.1) is 11.7 Å². The van der Waals surface area contributed by atoms with Gasteiger partial charge in [-0.15, -0.1) is 0 Å². The van der Waals surface area contributed by atoms with Gasteiger partial charge in [0.05, 0.1) is 6.10 Å². The zero-order valence-corrected chi connectivity index (χ0v) is 11.6.